The zero-order valence-electron chi connectivity index (χ0n) is 17.6. The van der Waals surface area contributed by atoms with E-state index in [0.29, 0.717) is 27.4 Å². The van der Waals surface area contributed by atoms with Gasteiger partial charge >= 0.3 is 0 Å². The molecular weight excluding hydrogens is 444 g/mol. The predicted octanol–water partition coefficient (Wildman–Crippen LogP) is 4.62. The van der Waals surface area contributed by atoms with Crippen molar-refractivity contribution in [2.45, 2.75) is 17.0 Å². The molecule has 0 saturated carbocycles. The Hall–Kier alpha value is -4.25. The number of aromatic nitrogens is 4. The summed E-state index contributed by atoms with van der Waals surface area (Å²) in [6.45, 7) is 1.98. The molecule has 2 aromatic heterocycles. The molecule has 2 aromatic carbocycles. The summed E-state index contributed by atoms with van der Waals surface area (Å²) in [7, 11) is 1.74. The molecule has 0 atom stereocenters. The van der Waals surface area contributed by atoms with Gasteiger partial charge in [-0.1, -0.05) is 17.7 Å². The maximum Gasteiger partial charge on any atom is 0.284 e. The second-order valence-corrected chi connectivity index (χ2v) is 8.03. The number of nitro benzene ring substituents is 1. The van der Waals surface area contributed by atoms with Crippen LogP contribution in [0.3, 0.4) is 0 Å². The standard InChI is InChI=1S/C22H18N6O4S/c1-14-3-7-17(8-4-14)32-20-10-6-16(12-23-20)25-21(29)15-5-9-19(18(11-15)28(30)31)33-22-26-24-13-27(22)2/h3-13H,1-2H3,(H,25,29). The molecule has 0 radical (unpaired) electrons. The van der Waals surface area contributed by atoms with Gasteiger partial charge in [0.2, 0.25) is 5.88 Å². The zero-order valence-corrected chi connectivity index (χ0v) is 18.4. The summed E-state index contributed by atoms with van der Waals surface area (Å²) < 4.78 is 7.32. The average molecular weight is 462 g/mol. The lowest BCUT2D eigenvalue weighted by Crippen LogP contribution is -2.12. The third-order valence-electron chi connectivity index (χ3n) is 4.53. The lowest BCUT2D eigenvalue weighted by molar-refractivity contribution is -0.387. The van der Waals surface area contributed by atoms with Gasteiger partial charge in [0.05, 0.1) is 21.7 Å². The van der Waals surface area contributed by atoms with E-state index in [1.807, 2.05) is 31.2 Å². The van der Waals surface area contributed by atoms with Crippen molar-refractivity contribution >= 4 is 29.0 Å². The van der Waals surface area contributed by atoms with Gasteiger partial charge in [0.1, 0.15) is 12.1 Å². The summed E-state index contributed by atoms with van der Waals surface area (Å²) >= 11 is 1.10. The molecule has 4 aromatic rings. The quantitative estimate of drug-likeness (QED) is 0.311. The molecule has 0 bridgehead atoms. The van der Waals surface area contributed by atoms with Gasteiger partial charge < -0.3 is 14.6 Å². The van der Waals surface area contributed by atoms with Crippen LogP contribution in [0.5, 0.6) is 11.6 Å². The number of anilines is 1. The molecule has 0 spiro atoms. The van der Waals surface area contributed by atoms with Gasteiger partial charge in [-0.05, 0) is 49.0 Å². The number of nitrogens with one attached hydrogen (secondary N) is 1. The summed E-state index contributed by atoms with van der Waals surface area (Å²) in [6, 6.07) is 15.1. The van der Waals surface area contributed by atoms with Crippen LogP contribution in [-0.2, 0) is 7.05 Å². The second-order valence-electron chi connectivity index (χ2n) is 7.02. The summed E-state index contributed by atoms with van der Waals surface area (Å²) in [6.07, 6.45) is 2.95. The van der Waals surface area contributed by atoms with Gasteiger partial charge in [0.25, 0.3) is 11.6 Å². The minimum atomic E-state index is -0.533. The van der Waals surface area contributed by atoms with Crippen molar-refractivity contribution in [3.63, 3.8) is 0 Å². The average Bonchev–Trinajstić information content (AvgIpc) is 3.21. The Morgan fingerprint density at radius 1 is 1.15 bits per heavy atom. The fourth-order valence-electron chi connectivity index (χ4n) is 2.80. The maximum absolute atomic E-state index is 12.7. The van der Waals surface area contributed by atoms with E-state index in [1.165, 1.54) is 30.7 Å². The number of carbonyl (C=O) groups excluding carboxylic acids is 1. The summed E-state index contributed by atoms with van der Waals surface area (Å²) in [5.74, 6) is 0.524. The van der Waals surface area contributed by atoms with E-state index in [1.54, 1.807) is 23.7 Å². The van der Waals surface area contributed by atoms with Crippen LogP contribution in [0.15, 0.2) is 77.2 Å². The highest BCUT2D eigenvalue weighted by Gasteiger charge is 2.20. The van der Waals surface area contributed by atoms with Crippen molar-refractivity contribution in [2.24, 2.45) is 7.05 Å². The molecular formula is C22H18N6O4S. The van der Waals surface area contributed by atoms with Crippen molar-refractivity contribution < 1.29 is 14.5 Å². The minimum Gasteiger partial charge on any atom is -0.439 e. The number of nitro groups is 1. The Kier molecular flexibility index (Phi) is 6.31. The molecule has 0 saturated heterocycles. The third-order valence-corrected chi connectivity index (χ3v) is 5.64. The van der Waals surface area contributed by atoms with E-state index in [9.17, 15) is 14.9 Å². The van der Waals surface area contributed by atoms with Gasteiger partial charge in [-0.3, -0.25) is 14.9 Å². The number of rotatable bonds is 7. The van der Waals surface area contributed by atoms with Crippen molar-refractivity contribution in [3.8, 4) is 11.6 Å². The molecule has 0 aliphatic rings. The van der Waals surface area contributed by atoms with Gasteiger partial charge in [-0.2, -0.15) is 0 Å². The van der Waals surface area contributed by atoms with E-state index in [-0.39, 0.29) is 11.3 Å². The smallest absolute Gasteiger partial charge is 0.284 e. The Morgan fingerprint density at radius 2 is 1.94 bits per heavy atom. The largest absolute Gasteiger partial charge is 0.439 e. The third kappa shape index (κ3) is 5.33. The number of amides is 1. The molecule has 11 heteroatoms. The minimum absolute atomic E-state index is 0.143. The van der Waals surface area contributed by atoms with Gasteiger partial charge in [-0.15, -0.1) is 10.2 Å². The van der Waals surface area contributed by atoms with Gasteiger partial charge in [0.15, 0.2) is 5.16 Å². The van der Waals surface area contributed by atoms with E-state index < -0.39 is 10.8 Å². The number of hydrogen-bond acceptors (Lipinski definition) is 8. The highest BCUT2D eigenvalue weighted by atomic mass is 32.2. The van der Waals surface area contributed by atoms with E-state index in [0.717, 1.165) is 17.3 Å². The topological polar surface area (TPSA) is 125 Å². The molecule has 0 aliphatic carbocycles. The molecule has 10 nitrogen and oxygen atoms in total. The Balaban J connectivity index is 1.46. The first-order chi connectivity index (χ1) is 15.9. The number of aryl methyl sites for hydroxylation is 2. The summed E-state index contributed by atoms with van der Waals surface area (Å²) in [5, 5.41) is 22.4. The van der Waals surface area contributed by atoms with Gasteiger partial charge in [0, 0.05) is 24.7 Å². The number of nitrogens with zero attached hydrogens (tertiary/aromatic N) is 5. The first-order valence-corrected chi connectivity index (χ1v) is 10.5. The maximum atomic E-state index is 12.7. The first kappa shape index (κ1) is 22.0. The zero-order chi connectivity index (χ0) is 23.4. The fourth-order valence-corrected chi connectivity index (χ4v) is 3.65. The molecule has 0 fully saturated rings. The molecule has 4 rings (SSSR count). The predicted molar refractivity (Wildman–Crippen MR) is 122 cm³/mol. The fraction of sp³-hybridized carbons (Fsp3) is 0.0909. The number of benzene rings is 2. The number of carbonyl (C=O) groups is 1. The SMILES string of the molecule is Cc1ccc(Oc2ccc(NC(=O)c3ccc(Sc4nncn4C)c([N+](=O)[O-])c3)cn2)cc1. The lowest BCUT2D eigenvalue weighted by atomic mass is 10.2. The van der Waals surface area contributed by atoms with Gasteiger partial charge in [-0.25, -0.2) is 4.98 Å². The Bertz CT molecular complexity index is 1310. The van der Waals surface area contributed by atoms with E-state index in [4.69, 9.17) is 4.74 Å². The van der Waals surface area contributed by atoms with E-state index in [2.05, 4.69) is 20.5 Å². The highest BCUT2D eigenvalue weighted by molar-refractivity contribution is 7.99. The van der Waals surface area contributed by atoms with Crippen molar-refractivity contribution in [3.05, 3.63) is 88.4 Å². The number of ether oxygens (including phenoxy) is 1. The van der Waals surface area contributed by atoms with Crippen molar-refractivity contribution in [1.82, 2.24) is 19.7 Å². The first-order valence-electron chi connectivity index (χ1n) is 9.71. The van der Waals surface area contributed by atoms with Crippen LogP contribution < -0.4 is 10.1 Å². The Labute approximate surface area is 192 Å². The molecule has 2 heterocycles. The second kappa shape index (κ2) is 9.49. The van der Waals surface area contributed by atoms with Crippen LogP contribution in [0.25, 0.3) is 0 Å². The molecule has 1 N–H and O–H groups in total. The lowest BCUT2D eigenvalue weighted by Gasteiger charge is -2.08. The van der Waals surface area contributed by atoms with Crippen molar-refractivity contribution in [2.75, 3.05) is 5.32 Å². The van der Waals surface area contributed by atoms with E-state index >= 15 is 0 Å². The highest BCUT2D eigenvalue weighted by Crippen LogP contribution is 2.34. The summed E-state index contributed by atoms with van der Waals surface area (Å²) in [4.78, 5) is 28.2. The molecule has 0 aliphatic heterocycles. The number of pyridine rings is 1. The van der Waals surface area contributed by atoms with Crippen LogP contribution in [-0.4, -0.2) is 30.6 Å². The monoisotopic (exact) mass is 462 g/mol. The molecule has 166 valence electrons. The van der Waals surface area contributed by atoms with Crippen LogP contribution >= 0.6 is 11.8 Å². The van der Waals surface area contributed by atoms with Crippen LogP contribution in [0.1, 0.15) is 15.9 Å². The normalized spacial score (nSPS) is 10.6. The Morgan fingerprint density at radius 3 is 2.58 bits per heavy atom. The summed E-state index contributed by atoms with van der Waals surface area (Å²) in [5.41, 5.74) is 1.49. The molecule has 0 unspecified atom stereocenters. The van der Waals surface area contributed by atoms with Crippen LogP contribution in [0.2, 0.25) is 0 Å². The van der Waals surface area contributed by atoms with Crippen molar-refractivity contribution in [1.29, 1.82) is 0 Å². The van der Waals surface area contributed by atoms with Crippen LogP contribution in [0.4, 0.5) is 11.4 Å². The number of hydrogen-bond donors (Lipinski definition) is 1. The molecule has 33 heavy (non-hydrogen) atoms. The molecule has 1 amide bonds. The van der Waals surface area contributed by atoms with Crippen LogP contribution in [0, 0.1) is 17.0 Å².